The summed E-state index contributed by atoms with van der Waals surface area (Å²) in [7, 11) is 5.24. The van der Waals surface area contributed by atoms with Gasteiger partial charge in [0.15, 0.2) is 12.6 Å². The average Bonchev–Trinajstić information content (AvgIpc) is 3.26. The number of urea groups is 1. The molecular weight excluding hydrogens is 867 g/mol. The quantitative estimate of drug-likeness (QED) is 0.110. The number of nitriles is 1. The first-order chi connectivity index (χ1) is 31.3. The number of hydrogen-bond donors (Lipinski definition) is 7. The molecule has 3 aliphatic heterocycles. The summed E-state index contributed by atoms with van der Waals surface area (Å²) in [5.41, 5.74) is -3.26. The first kappa shape index (κ1) is 56.6. The molecule has 0 radical (unpaired) electrons. The first-order valence-electron chi connectivity index (χ1n) is 24.1. The van der Waals surface area contributed by atoms with Crippen molar-refractivity contribution in [2.24, 2.45) is 17.8 Å². The summed E-state index contributed by atoms with van der Waals surface area (Å²) in [6, 6.07) is 7.67. The SMILES string of the molecule is CC[C@H]1OC(=O)[C@H](C)[C@@H](O[C@H]2C[C@@](C)(OC)[C@@H](O)[C@H](C)O2)[C@H](C)[C@@H](O[C@@H]2O[C@H](C)C[C@H](N(C)C)[C@H]2O)[C@](C)(O)C[C@@H](C)CN(CCCNC(=O)Nc2ccc(CC#N)cc2)[C@H](C)[C@@H](O)[C@]1(C)O. The van der Waals surface area contributed by atoms with Crippen molar-refractivity contribution in [1.29, 1.82) is 5.26 Å². The summed E-state index contributed by atoms with van der Waals surface area (Å²) >= 11 is 0. The van der Waals surface area contributed by atoms with Gasteiger partial charge < -0.3 is 69.5 Å². The van der Waals surface area contributed by atoms with E-state index in [1.165, 1.54) is 14.0 Å². The van der Waals surface area contributed by atoms with Crippen LogP contribution < -0.4 is 10.6 Å². The van der Waals surface area contributed by atoms with Crippen LogP contribution in [0.2, 0.25) is 0 Å². The zero-order chi connectivity index (χ0) is 50.2. The van der Waals surface area contributed by atoms with E-state index < -0.39 is 102 Å². The predicted molar refractivity (Wildman–Crippen MR) is 251 cm³/mol. The molecule has 4 rings (SSSR count). The second kappa shape index (κ2) is 24.2. The Morgan fingerprint density at radius 2 is 1.64 bits per heavy atom. The number of anilines is 1. The molecule has 7 N–H and O–H groups in total. The van der Waals surface area contributed by atoms with Gasteiger partial charge in [-0.1, -0.05) is 32.9 Å². The van der Waals surface area contributed by atoms with Gasteiger partial charge in [-0.05, 0) is 112 Å². The Morgan fingerprint density at radius 3 is 2.24 bits per heavy atom. The lowest BCUT2D eigenvalue weighted by Crippen LogP contribution is -2.60. The predicted octanol–water partition coefficient (Wildman–Crippen LogP) is 3.55. The van der Waals surface area contributed by atoms with Crippen LogP contribution in [0.4, 0.5) is 10.5 Å². The van der Waals surface area contributed by atoms with Crippen molar-refractivity contribution in [2.75, 3.05) is 46.2 Å². The third-order valence-electron chi connectivity index (χ3n) is 14.4. The minimum Gasteiger partial charge on any atom is -0.459 e. The van der Waals surface area contributed by atoms with E-state index in [1.54, 1.807) is 72.7 Å². The van der Waals surface area contributed by atoms with Crippen LogP contribution in [0.5, 0.6) is 0 Å². The van der Waals surface area contributed by atoms with Crippen molar-refractivity contribution in [3.63, 3.8) is 0 Å². The molecule has 18 nitrogen and oxygen atoms in total. The molecular formula is C49H83N5O13. The third-order valence-corrected chi connectivity index (χ3v) is 14.4. The third kappa shape index (κ3) is 14.3. The summed E-state index contributed by atoms with van der Waals surface area (Å²) < 4.78 is 38.0. The molecule has 3 heterocycles. The van der Waals surface area contributed by atoms with Crippen molar-refractivity contribution in [1.82, 2.24) is 15.1 Å². The lowest BCUT2D eigenvalue weighted by molar-refractivity contribution is -0.318. The van der Waals surface area contributed by atoms with Crippen LogP contribution in [0.25, 0.3) is 0 Å². The van der Waals surface area contributed by atoms with Crippen LogP contribution in [0, 0.1) is 29.1 Å². The van der Waals surface area contributed by atoms with Crippen LogP contribution in [0.1, 0.15) is 107 Å². The van der Waals surface area contributed by atoms with E-state index in [0.717, 1.165) is 5.56 Å². The zero-order valence-electron chi connectivity index (χ0n) is 42.2. The monoisotopic (exact) mass is 950 g/mol. The highest BCUT2D eigenvalue weighted by Crippen LogP contribution is 2.40. The maximum absolute atomic E-state index is 14.5. The number of nitrogens with zero attached hydrogens (tertiary/aromatic N) is 3. The molecule has 3 saturated heterocycles. The fourth-order valence-corrected chi connectivity index (χ4v) is 10.4. The minimum atomic E-state index is -1.93. The number of aliphatic hydroxyl groups excluding tert-OH is 3. The highest BCUT2D eigenvalue weighted by atomic mass is 16.7. The number of nitrogens with one attached hydrogen (secondary N) is 2. The average molecular weight is 950 g/mol. The van der Waals surface area contributed by atoms with Gasteiger partial charge in [-0.2, -0.15) is 5.26 Å². The molecule has 18 heteroatoms. The van der Waals surface area contributed by atoms with Gasteiger partial charge in [-0.3, -0.25) is 9.69 Å². The summed E-state index contributed by atoms with van der Waals surface area (Å²) in [5.74, 6) is -2.92. The van der Waals surface area contributed by atoms with Crippen molar-refractivity contribution in [3.05, 3.63) is 29.8 Å². The van der Waals surface area contributed by atoms with Crippen molar-refractivity contribution in [3.8, 4) is 6.07 Å². The molecule has 3 aliphatic rings. The Morgan fingerprint density at radius 1 is 0.985 bits per heavy atom. The number of cyclic esters (lactones) is 1. The molecule has 1 aromatic carbocycles. The van der Waals surface area contributed by atoms with E-state index in [9.17, 15) is 35.1 Å². The largest absolute Gasteiger partial charge is 0.459 e. The molecule has 0 spiro atoms. The smallest absolute Gasteiger partial charge is 0.319 e. The van der Waals surface area contributed by atoms with Gasteiger partial charge >= 0.3 is 12.0 Å². The van der Waals surface area contributed by atoms with E-state index in [1.807, 2.05) is 37.7 Å². The summed E-state index contributed by atoms with van der Waals surface area (Å²) in [4.78, 5) is 31.3. The number of likely N-dealkylation sites (N-methyl/N-ethyl adjacent to an activating group) is 1. The number of benzene rings is 1. The van der Waals surface area contributed by atoms with E-state index in [2.05, 4.69) is 16.7 Å². The molecule has 382 valence electrons. The number of carbonyl (C=O) groups excluding carboxylic acids is 2. The molecule has 3 fully saturated rings. The molecule has 1 aromatic rings. The van der Waals surface area contributed by atoms with Gasteiger partial charge in [-0.25, -0.2) is 4.79 Å². The number of esters is 1. The minimum absolute atomic E-state index is 0.0931. The Bertz CT molecular complexity index is 1760. The maximum Gasteiger partial charge on any atom is 0.319 e. The van der Waals surface area contributed by atoms with Gasteiger partial charge in [0, 0.05) is 56.9 Å². The fourth-order valence-electron chi connectivity index (χ4n) is 10.4. The maximum atomic E-state index is 14.5. The molecule has 67 heavy (non-hydrogen) atoms. The van der Waals surface area contributed by atoms with E-state index in [-0.39, 0.29) is 50.3 Å². The highest BCUT2D eigenvalue weighted by molar-refractivity contribution is 5.89. The lowest BCUT2D eigenvalue weighted by atomic mass is 9.77. The standard InChI is InChI=1S/C49H83N5O13/c1-14-37-49(10,61)41(56)32(6)54(23-15-22-51-46(59)52-35-18-16-34(17-19-35)20-21-50)27-28(2)25-47(8,60)43(67-45-39(55)36(53(11)12)24-29(3)63-45)30(4)40(31(5)44(58)65-37)66-38-26-48(9,62-13)42(57)33(7)64-38/h16-19,28-33,36-43,45,55-57,60-61H,14-15,20,22-27H2,1-13H3,(H2,51,52,59)/t28-,29-,30+,31-,32-,33+,36+,37-,38+,39-,40+,41-,42+,43-,45+,47-,48-,49-/m1/s1. The topological polar surface area (TPSA) is 245 Å². The van der Waals surface area contributed by atoms with Crippen LogP contribution >= 0.6 is 0 Å². The molecule has 0 aliphatic carbocycles. The number of hydrogen-bond acceptors (Lipinski definition) is 16. The summed E-state index contributed by atoms with van der Waals surface area (Å²) in [6.45, 7) is 18.4. The van der Waals surface area contributed by atoms with Gasteiger partial charge in [-0.15, -0.1) is 0 Å². The lowest BCUT2D eigenvalue weighted by Gasteiger charge is -2.48. The van der Waals surface area contributed by atoms with Crippen molar-refractivity contribution >= 4 is 17.7 Å². The number of rotatable bonds is 13. The molecule has 18 atom stereocenters. The second-order valence-electron chi connectivity index (χ2n) is 20.5. The molecule has 0 aromatic heterocycles. The normalized spacial score (nSPS) is 40.8. The van der Waals surface area contributed by atoms with Crippen molar-refractivity contribution < 1.29 is 63.5 Å². The number of aliphatic hydroxyl groups is 5. The van der Waals surface area contributed by atoms with Crippen molar-refractivity contribution in [2.45, 2.75) is 198 Å². The molecule has 0 unspecified atom stereocenters. The van der Waals surface area contributed by atoms with Gasteiger partial charge in [0.05, 0.1) is 54.0 Å². The Balaban J connectivity index is 1.72. The van der Waals surface area contributed by atoms with E-state index in [0.29, 0.717) is 31.6 Å². The zero-order valence-corrected chi connectivity index (χ0v) is 42.2. The summed E-state index contributed by atoms with van der Waals surface area (Å²) in [5, 5.41) is 74.5. The van der Waals surface area contributed by atoms with Gasteiger partial charge in [0.1, 0.15) is 30.0 Å². The molecule has 0 bridgehead atoms. The Labute approximate surface area is 398 Å². The first-order valence-corrected chi connectivity index (χ1v) is 24.1. The second-order valence-corrected chi connectivity index (χ2v) is 20.5. The van der Waals surface area contributed by atoms with Crippen LogP contribution in [0.3, 0.4) is 0 Å². The fraction of sp³-hybridized carbons (Fsp3) is 0.816. The van der Waals surface area contributed by atoms with E-state index >= 15 is 0 Å². The van der Waals surface area contributed by atoms with Gasteiger partial charge in [0.2, 0.25) is 0 Å². The van der Waals surface area contributed by atoms with Crippen LogP contribution in [-0.2, 0) is 39.6 Å². The number of ether oxygens (including phenoxy) is 6. The van der Waals surface area contributed by atoms with Gasteiger partial charge in [0.25, 0.3) is 0 Å². The molecule has 0 saturated carbocycles. The Kier molecular flexibility index (Phi) is 20.4. The number of amides is 2. The number of methoxy groups -OCH3 is 1. The number of carbonyl (C=O) groups is 2. The molecule has 2 amide bonds. The van der Waals surface area contributed by atoms with Crippen LogP contribution in [0.15, 0.2) is 24.3 Å². The van der Waals surface area contributed by atoms with Crippen LogP contribution in [-0.4, -0.2) is 178 Å². The summed E-state index contributed by atoms with van der Waals surface area (Å²) in [6.07, 6.45) is -8.45. The highest BCUT2D eigenvalue weighted by Gasteiger charge is 2.53. The van der Waals surface area contributed by atoms with E-state index in [4.69, 9.17) is 33.7 Å². The Hall–Kier alpha value is -3.03.